The van der Waals surface area contributed by atoms with E-state index in [-0.39, 0.29) is 18.2 Å². The normalized spacial score (nSPS) is 29.1. The van der Waals surface area contributed by atoms with E-state index in [1.807, 2.05) is 53.0 Å². The molecule has 0 unspecified atom stereocenters. The van der Waals surface area contributed by atoms with Gasteiger partial charge in [-0.15, -0.1) is 6.58 Å². The van der Waals surface area contributed by atoms with Crippen LogP contribution in [0.2, 0.25) is 5.15 Å². The molecule has 2 fully saturated rings. The number of halogens is 1. The van der Waals surface area contributed by atoms with E-state index < -0.39 is 22.9 Å². The molecule has 8 nitrogen and oxygen atoms in total. The average molecular weight is 463 g/mol. The van der Waals surface area contributed by atoms with Crippen molar-refractivity contribution in [2.45, 2.75) is 77.1 Å². The van der Waals surface area contributed by atoms with Gasteiger partial charge in [0, 0.05) is 18.2 Å². The summed E-state index contributed by atoms with van der Waals surface area (Å²) >= 11 is 6.28. The number of rotatable bonds is 5. The smallest absolute Gasteiger partial charge is 0.407 e. The van der Waals surface area contributed by atoms with Crippen LogP contribution in [0.1, 0.15) is 53.5 Å². The summed E-state index contributed by atoms with van der Waals surface area (Å²) in [6, 6.07) is 1.85. The minimum Gasteiger partial charge on any atom is -0.444 e. The van der Waals surface area contributed by atoms with Gasteiger partial charge in [-0.2, -0.15) is 0 Å². The lowest BCUT2D eigenvalue weighted by Gasteiger charge is -2.35. The van der Waals surface area contributed by atoms with E-state index in [0.717, 1.165) is 11.0 Å². The van der Waals surface area contributed by atoms with Crippen LogP contribution < -0.4 is 5.32 Å². The molecule has 0 spiro atoms. The molecule has 2 aromatic heterocycles. The van der Waals surface area contributed by atoms with Crippen LogP contribution in [0, 0.1) is 5.41 Å². The van der Waals surface area contributed by atoms with Gasteiger partial charge < -0.3 is 24.1 Å². The monoisotopic (exact) mass is 462 g/mol. The van der Waals surface area contributed by atoms with Gasteiger partial charge in [0.05, 0.1) is 17.5 Å². The third-order valence-corrected chi connectivity index (χ3v) is 6.38. The molecule has 9 heteroatoms. The van der Waals surface area contributed by atoms with Gasteiger partial charge in [-0.25, -0.2) is 14.8 Å². The van der Waals surface area contributed by atoms with Crippen molar-refractivity contribution >= 4 is 28.7 Å². The molecule has 1 saturated heterocycles. The Labute approximate surface area is 193 Å². The number of carbonyl (C=O) groups is 1. The Morgan fingerprint density at radius 1 is 1.41 bits per heavy atom. The lowest BCUT2D eigenvalue weighted by Crippen LogP contribution is -2.46. The Morgan fingerprint density at radius 2 is 2.16 bits per heavy atom. The average Bonchev–Trinajstić information content (AvgIpc) is 3.31. The molecule has 2 aliphatic rings. The minimum absolute atomic E-state index is 0.0642. The van der Waals surface area contributed by atoms with Gasteiger partial charge >= 0.3 is 6.09 Å². The lowest BCUT2D eigenvalue weighted by atomic mass is 9.80. The van der Waals surface area contributed by atoms with E-state index in [1.54, 1.807) is 0 Å². The van der Waals surface area contributed by atoms with Gasteiger partial charge in [-0.1, -0.05) is 17.7 Å². The Morgan fingerprint density at radius 3 is 2.84 bits per heavy atom. The van der Waals surface area contributed by atoms with Crippen LogP contribution in [0.4, 0.5) is 4.79 Å². The molecule has 174 valence electrons. The first-order valence-electron chi connectivity index (χ1n) is 10.9. The molecule has 0 aromatic carbocycles. The number of hydrogen-bond donors (Lipinski definition) is 1. The molecule has 4 atom stereocenters. The first-order valence-corrected chi connectivity index (χ1v) is 11.2. The molecule has 2 aromatic rings. The summed E-state index contributed by atoms with van der Waals surface area (Å²) in [5, 5.41) is 4.16. The maximum atomic E-state index is 12.4. The first-order chi connectivity index (χ1) is 14.9. The SMILES string of the molecule is C=CC[C@@]1(CNC(=O)OC(C)(C)C)C[C@@H](n2ccc3c(Cl)ncnc32)[C@@H]2OC(C)(C)O[C@@H]21. The second kappa shape index (κ2) is 8.01. The van der Waals surface area contributed by atoms with E-state index in [1.165, 1.54) is 6.33 Å². The fraction of sp³-hybridized carbons (Fsp3) is 0.609. The molecule has 0 bridgehead atoms. The minimum atomic E-state index is -0.748. The van der Waals surface area contributed by atoms with Crippen LogP contribution >= 0.6 is 11.6 Å². The summed E-state index contributed by atoms with van der Waals surface area (Å²) in [5.74, 6) is -0.748. The molecule has 1 aliphatic heterocycles. The van der Waals surface area contributed by atoms with Crippen molar-refractivity contribution in [2.75, 3.05) is 6.54 Å². The summed E-state index contributed by atoms with van der Waals surface area (Å²) in [5.41, 5.74) is -0.250. The summed E-state index contributed by atoms with van der Waals surface area (Å²) in [6.07, 6.45) is 5.72. The van der Waals surface area contributed by atoms with Crippen molar-refractivity contribution in [3.63, 3.8) is 0 Å². The molecular formula is C23H31ClN4O4. The predicted octanol–water partition coefficient (Wildman–Crippen LogP) is 4.64. The number of amides is 1. The Hall–Kier alpha value is -2.16. The number of aromatic nitrogens is 3. The molecule has 1 N–H and O–H groups in total. The summed E-state index contributed by atoms with van der Waals surface area (Å²) in [4.78, 5) is 21.0. The quantitative estimate of drug-likeness (QED) is 0.514. The van der Waals surface area contributed by atoms with Crippen LogP contribution in [0.25, 0.3) is 11.0 Å². The molecule has 1 aliphatic carbocycles. The summed E-state index contributed by atoms with van der Waals surface area (Å²) in [6.45, 7) is 13.7. The summed E-state index contributed by atoms with van der Waals surface area (Å²) < 4.78 is 20.3. The topological polar surface area (TPSA) is 87.5 Å². The standard InChI is InChI=1S/C23H31ClN4O4/c1-7-9-23(12-25-20(29)32-21(2,3)4)11-15(16-17(23)31-22(5,6)30-16)28-10-8-14-18(24)26-13-27-19(14)28/h7-8,10,13,15-17H,1,9,11-12H2,2-6H3,(H,25,29)/t15-,16+,17+,23+/m1/s1. The zero-order valence-corrected chi connectivity index (χ0v) is 20.0. The van der Waals surface area contributed by atoms with Crippen molar-refractivity contribution in [2.24, 2.45) is 5.41 Å². The van der Waals surface area contributed by atoms with E-state index in [2.05, 4.69) is 26.4 Å². The maximum absolute atomic E-state index is 12.4. The number of nitrogens with one attached hydrogen (secondary N) is 1. The van der Waals surface area contributed by atoms with Crippen molar-refractivity contribution in [1.29, 1.82) is 0 Å². The molecule has 4 rings (SSSR count). The number of allylic oxidation sites excluding steroid dienone is 1. The second-order valence-electron chi connectivity index (χ2n) is 10.1. The highest BCUT2D eigenvalue weighted by Crippen LogP contribution is 2.55. The first kappa shape index (κ1) is 23.0. The third kappa shape index (κ3) is 4.23. The molecule has 1 saturated carbocycles. The van der Waals surface area contributed by atoms with Gasteiger partial charge in [-0.05, 0) is 53.5 Å². The van der Waals surface area contributed by atoms with Crippen molar-refractivity contribution in [1.82, 2.24) is 19.9 Å². The molecule has 3 heterocycles. The number of carbonyl (C=O) groups excluding carboxylic acids is 1. The number of alkyl carbamates (subject to hydrolysis) is 1. The fourth-order valence-corrected chi connectivity index (χ4v) is 5.14. The van der Waals surface area contributed by atoms with Gasteiger partial charge in [0.2, 0.25) is 0 Å². The van der Waals surface area contributed by atoms with Crippen LogP contribution in [0.15, 0.2) is 31.2 Å². The van der Waals surface area contributed by atoms with Gasteiger partial charge in [-0.3, -0.25) is 0 Å². The van der Waals surface area contributed by atoms with Crippen LogP contribution in [0.3, 0.4) is 0 Å². The van der Waals surface area contributed by atoms with Crippen molar-refractivity contribution in [3.05, 3.63) is 36.4 Å². The van der Waals surface area contributed by atoms with Crippen molar-refractivity contribution < 1.29 is 19.0 Å². The molecule has 1 amide bonds. The Bertz CT molecular complexity index is 1030. The predicted molar refractivity (Wildman–Crippen MR) is 122 cm³/mol. The number of hydrogen-bond acceptors (Lipinski definition) is 6. The number of ether oxygens (including phenoxy) is 3. The zero-order valence-electron chi connectivity index (χ0n) is 19.2. The Kier molecular flexibility index (Phi) is 5.76. The zero-order chi connectivity index (χ0) is 23.3. The van der Waals surface area contributed by atoms with Crippen LogP contribution in [0.5, 0.6) is 0 Å². The molecular weight excluding hydrogens is 432 g/mol. The van der Waals surface area contributed by atoms with Gasteiger partial charge in [0.1, 0.15) is 28.8 Å². The highest BCUT2D eigenvalue weighted by Gasteiger charge is 2.61. The highest BCUT2D eigenvalue weighted by atomic mass is 35.5. The van der Waals surface area contributed by atoms with Crippen LogP contribution in [-0.4, -0.2) is 50.8 Å². The number of nitrogens with zero attached hydrogens (tertiary/aromatic N) is 3. The van der Waals surface area contributed by atoms with Crippen molar-refractivity contribution in [3.8, 4) is 0 Å². The molecule has 32 heavy (non-hydrogen) atoms. The van der Waals surface area contributed by atoms with E-state index in [9.17, 15) is 4.79 Å². The van der Waals surface area contributed by atoms with E-state index in [0.29, 0.717) is 24.5 Å². The second-order valence-corrected chi connectivity index (χ2v) is 10.5. The summed E-state index contributed by atoms with van der Waals surface area (Å²) in [7, 11) is 0. The largest absolute Gasteiger partial charge is 0.444 e. The number of fused-ring (bicyclic) bond motifs is 2. The van der Waals surface area contributed by atoms with Gasteiger partial charge in [0.15, 0.2) is 5.79 Å². The Balaban J connectivity index is 1.68. The van der Waals surface area contributed by atoms with E-state index in [4.69, 9.17) is 25.8 Å². The molecule has 0 radical (unpaired) electrons. The highest BCUT2D eigenvalue weighted by molar-refractivity contribution is 6.33. The fourth-order valence-electron chi connectivity index (χ4n) is 4.95. The van der Waals surface area contributed by atoms with E-state index >= 15 is 0 Å². The van der Waals surface area contributed by atoms with Gasteiger partial charge in [0.25, 0.3) is 0 Å². The maximum Gasteiger partial charge on any atom is 0.407 e. The third-order valence-electron chi connectivity index (χ3n) is 6.08. The lowest BCUT2D eigenvalue weighted by molar-refractivity contribution is -0.168. The van der Waals surface area contributed by atoms with Crippen LogP contribution in [-0.2, 0) is 14.2 Å².